The van der Waals surface area contributed by atoms with Crippen molar-refractivity contribution in [2.75, 3.05) is 11.9 Å². The zero-order chi connectivity index (χ0) is 13.7. The molecular weight excluding hydrogens is 238 g/mol. The van der Waals surface area contributed by atoms with E-state index in [0.29, 0.717) is 0 Å². The predicted octanol–water partition coefficient (Wildman–Crippen LogP) is 2.47. The molecule has 0 radical (unpaired) electrons. The summed E-state index contributed by atoms with van der Waals surface area (Å²) in [5.74, 6) is 5.78. The van der Waals surface area contributed by atoms with E-state index in [1.807, 2.05) is 25.1 Å². The molecule has 1 saturated carbocycles. The van der Waals surface area contributed by atoms with Crippen LogP contribution in [0, 0.1) is 24.7 Å². The summed E-state index contributed by atoms with van der Waals surface area (Å²) in [4.78, 5) is 12.1. The minimum atomic E-state index is -0.140. The Morgan fingerprint density at radius 1 is 1.42 bits per heavy atom. The van der Waals surface area contributed by atoms with E-state index >= 15 is 0 Å². The third kappa shape index (κ3) is 3.59. The SMILES string of the molecule is Cc1cc(C#CCO)ccc1NC(=O)C1CCCC1. The molecular formula is C16H19NO2. The molecule has 100 valence electrons. The van der Waals surface area contributed by atoms with Crippen LogP contribution in [-0.4, -0.2) is 17.6 Å². The third-order valence-corrected chi connectivity index (χ3v) is 3.52. The maximum atomic E-state index is 12.1. The van der Waals surface area contributed by atoms with Crippen LogP contribution in [0.1, 0.15) is 36.8 Å². The van der Waals surface area contributed by atoms with E-state index in [2.05, 4.69) is 17.2 Å². The second-order valence-electron chi connectivity index (χ2n) is 4.96. The van der Waals surface area contributed by atoms with Gasteiger partial charge in [0.1, 0.15) is 6.61 Å². The van der Waals surface area contributed by atoms with Crippen molar-refractivity contribution in [1.29, 1.82) is 0 Å². The van der Waals surface area contributed by atoms with Gasteiger partial charge in [-0.05, 0) is 43.5 Å². The summed E-state index contributed by atoms with van der Waals surface area (Å²) in [6.45, 7) is 1.81. The topological polar surface area (TPSA) is 49.3 Å². The van der Waals surface area contributed by atoms with Crippen molar-refractivity contribution in [1.82, 2.24) is 0 Å². The number of hydrogen-bond donors (Lipinski definition) is 2. The van der Waals surface area contributed by atoms with Crippen LogP contribution in [0.15, 0.2) is 18.2 Å². The number of carbonyl (C=O) groups excluding carboxylic acids is 1. The Morgan fingerprint density at radius 2 is 2.16 bits per heavy atom. The molecule has 0 heterocycles. The van der Waals surface area contributed by atoms with E-state index in [9.17, 15) is 4.79 Å². The largest absolute Gasteiger partial charge is 0.384 e. The predicted molar refractivity (Wildman–Crippen MR) is 75.7 cm³/mol. The molecule has 0 aromatic heterocycles. The number of hydrogen-bond acceptors (Lipinski definition) is 2. The molecule has 1 fully saturated rings. The summed E-state index contributed by atoms with van der Waals surface area (Å²) in [6, 6.07) is 5.66. The average molecular weight is 257 g/mol. The lowest BCUT2D eigenvalue weighted by Gasteiger charge is -2.12. The van der Waals surface area contributed by atoms with Crippen LogP contribution in [-0.2, 0) is 4.79 Å². The van der Waals surface area contributed by atoms with E-state index in [0.717, 1.165) is 42.5 Å². The third-order valence-electron chi connectivity index (χ3n) is 3.52. The summed E-state index contributed by atoms with van der Waals surface area (Å²) in [5, 5.41) is 11.7. The normalized spacial score (nSPS) is 14.8. The van der Waals surface area contributed by atoms with Gasteiger partial charge in [0.05, 0.1) is 0 Å². The molecule has 0 aliphatic heterocycles. The van der Waals surface area contributed by atoms with Gasteiger partial charge in [0.15, 0.2) is 0 Å². The van der Waals surface area contributed by atoms with Crippen LogP contribution in [0.4, 0.5) is 5.69 Å². The van der Waals surface area contributed by atoms with Gasteiger partial charge in [-0.15, -0.1) is 0 Å². The molecule has 0 bridgehead atoms. The van der Waals surface area contributed by atoms with Crippen molar-refractivity contribution < 1.29 is 9.90 Å². The number of aryl methyl sites for hydroxylation is 1. The van der Waals surface area contributed by atoms with Gasteiger partial charge in [-0.3, -0.25) is 4.79 Å². The maximum Gasteiger partial charge on any atom is 0.227 e. The van der Waals surface area contributed by atoms with Crippen LogP contribution in [0.2, 0.25) is 0 Å². The second kappa shape index (κ2) is 6.40. The lowest BCUT2D eigenvalue weighted by Crippen LogP contribution is -2.20. The molecule has 0 saturated heterocycles. The van der Waals surface area contributed by atoms with Crippen LogP contribution < -0.4 is 5.32 Å². The molecule has 0 atom stereocenters. The van der Waals surface area contributed by atoms with Gasteiger partial charge in [0, 0.05) is 17.2 Å². The molecule has 1 aromatic carbocycles. The number of amides is 1. The number of nitrogens with one attached hydrogen (secondary N) is 1. The average Bonchev–Trinajstić information content (AvgIpc) is 2.93. The Morgan fingerprint density at radius 3 is 2.79 bits per heavy atom. The van der Waals surface area contributed by atoms with E-state index in [4.69, 9.17) is 5.11 Å². The van der Waals surface area contributed by atoms with Gasteiger partial charge in [-0.25, -0.2) is 0 Å². The molecule has 19 heavy (non-hydrogen) atoms. The standard InChI is InChI=1S/C16H19NO2/c1-12-11-13(5-4-10-18)8-9-15(12)17-16(19)14-6-2-3-7-14/h8-9,11,14,18H,2-3,6-7,10H2,1H3,(H,17,19). The van der Waals surface area contributed by atoms with Crippen molar-refractivity contribution in [2.24, 2.45) is 5.92 Å². The Bertz CT molecular complexity index is 519. The Kier molecular flexibility index (Phi) is 4.59. The number of anilines is 1. The van der Waals surface area contributed by atoms with Crippen molar-refractivity contribution in [2.45, 2.75) is 32.6 Å². The fourth-order valence-electron chi connectivity index (χ4n) is 2.45. The first-order valence-corrected chi connectivity index (χ1v) is 6.72. The number of carbonyl (C=O) groups is 1. The molecule has 1 aliphatic rings. The molecule has 1 aliphatic carbocycles. The lowest BCUT2D eigenvalue weighted by molar-refractivity contribution is -0.119. The highest BCUT2D eigenvalue weighted by Crippen LogP contribution is 2.26. The molecule has 1 aromatic rings. The summed E-state index contributed by atoms with van der Waals surface area (Å²) in [6.07, 6.45) is 4.33. The lowest BCUT2D eigenvalue weighted by atomic mass is 10.1. The molecule has 0 spiro atoms. The molecule has 2 N–H and O–H groups in total. The van der Waals surface area contributed by atoms with Gasteiger partial charge in [0.2, 0.25) is 5.91 Å². The monoisotopic (exact) mass is 257 g/mol. The zero-order valence-electron chi connectivity index (χ0n) is 11.2. The summed E-state index contributed by atoms with van der Waals surface area (Å²) in [5.41, 5.74) is 2.70. The molecule has 2 rings (SSSR count). The van der Waals surface area contributed by atoms with Crippen LogP contribution >= 0.6 is 0 Å². The molecule has 3 nitrogen and oxygen atoms in total. The van der Waals surface area contributed by atoms with E-state index in [1.165, 1.54) is 0 Å². The Hall–Kier alpha value is -1.79. The van der Waals surface area contributed by atoms with Gasteiger partial charge in [-0.1, -0.05) is 24.7 Å². The maximum absolute atomic E-state index is 12.1. The summed E-state index contributed by atoms with van der Waals surface area (Å²) in [7, 11) is 0. The Balaban J connectivity index is 2.06. The first-order chi connectivity index (χ1) is 9.20. The zero-order valence-corrected chi connectivity index (χ0v) is 11.2. The van der Waals surface area contributed by atoms with Gasteiger partial charge < -0.3 is 10.4 Å². The first kappa shape index (κ1) is 13.6. The van der Waals surface area contributed by atoms with E-state index in [-0.39, 0.29) is 18.4 Å². The highest BCUT2D eigenvalue weighted by molar-refractivity contribution is 5.93. The van der Waals surface area contributed by atoms with Crippen molar-refractivity contribution in [3.05, 3.63) is 29.3 Å². The van der Waals surface area contributed by atoms with E-state index in [1.54, 1.807) is 0 Å². The highest BCUT2D eigenvalue weighted by Gasteiger charge is 2.22. The van der Waals surface area contributed by atoms with Gasteiger partial charge >= 0.3 is 0 Å². The molecule has 1 amide bonds. The van der Waals surface area contributed by atoms with Gasteiger partial charge in [-0.2, -0.15) is 0 Å². The number of benzene rings is 1. The Labute approximate surface area is 114 Å². The van der Waals surface area contributed by atoms with Crippen LogP contribution in [0.5, 0.6) is 0 Å². The minimum Gasteiger partial charge on any atom is -0.384 e. The quantitative estimate of drug-likeness (QED) is 0.800. The number of rotatable bonds is 2. The number of aliphatic hydroxyl groups is 1. The van der Waals surface area contributed by atoms with Gasteiger partial charge in [0.25, 0.3) is 0 Å². The minimum absolute atomic E-state index is 0.134. The smallest absolute Gasteiger partial charge is 0.227 e. The molecule has 3 heteroatoms. The highest BCUT2D eigenvalue weighted by atomic mass is 16.2. The fraction of sp³-hybridized carbons (Fsp3) is 0.438. The van der Waals surface area contributed by atoms with Crippen LogP contribution in [0.3, 0.4) is 0 Å². The number of aliphatic hydroxyl groups excluding tert-OH is 1. The van der Waals surface area contributed by atoms with Crippen molar-refractivity contribution in [3.63, 3.8) is 0 Å². The molecule has 0 unspecified atom stereocenters. The fourth-order valence-corrected chi connectivity index (χ4v) is 2.45. The van der Waals surface area contributed by atoms with Crippen molar-refractivity contribution >= 4 is 11.6 Å². The second-order valence-corrected chi connectivity index (χ2v) is 4.96. The van der Waals surface area contributed by atoms with Crippen molar-refractivity contribution in [3.8, 4) is 11.8 Å². The van der Waals surface area contributed by atoms with Crippen LogP contribution in [0.25, 0.3) is 0 Å². The summed E-state index contributed by atoms with van der Waals surface area (Å²) < 4.78 is 0. The first-order valence-electron chi connectivity index (χ1n) is 6.72. The van der Waals surface area contributed by atoms with E-state index < -0.39 is 0 Å². The summed E-state index contributed by atoms with van der Waals surface area (Å²) >= 11 is 0.